The number of nitrogens with one attached hydrogen (secondary N) is 1. The lowest BCUT2D eigenvalue weighted by Gasteiger charge is -2.24. The van der Waals surface area contributed by atoms with E-state index in [-0.39, 0.29) is 6.03 Å². The van der Waals surface area contributed by atoms with E-state index in [0.717, 1.165) is 18.1 Å². The third-order valence-electron chi connectivity index (χ3n) is 5.80. The van der Waals surface area contributed by atoms with E-state index in [2.05, 4.69) is 22.5 Å². The Bertz CT molecular complexity index is 1130. The van der Waals surface area contributed by atoms with Crippen LogP contribution in [0.15, 0.2) is 48.5 Å². The number of aromatic nitrogens is 2. The van der Waals surface area contributed by atoms with Crippen molar-refractivity contribution in [3.63, 3.8) is 0 Å². The summed E-state index contributed by atoms with van der Waals surface area (Å²) in [7, 11) is 1.66. The van der Waals surface area contributed by atoms with Crippen LogP contribution in [-0.4, -0.2) is 33.8 Å². The average molecular weight is 410 g/mol. The molecule has 2 aliphatic rings. The van der Waals surface area contributed by atoms with Crippen LogP contribution < -0.4 is 5.32 Å². The molecule has 6 nitrogen and oxygen atoms in total. The first-order valence-corrected chi connectivity index (χ1v) is 9.72. The first-order chi connectivity index (χ1) is 14.4. The van der Waals surface area contributed by atoms with Crippen molar-refractivity contribution in [3.05, 3.63) is 71.3 Å². The van der Waals surface area contributed by atoms with Gasteiger partial charge in [-0.2, -0.15) is 5.10 Å². The molecule has 0 aliphatic carbocycles. The number of nitrogens with zero attached hydrogens (tertiary/aromatic N) is 3. The van der Waals surface area contributed by atoms with Crippen molar-refractivity contribution in [3.8, 4) is 11.3 Å². The van der Waals surface area contributed by atoms with Gasteiger partial charge in [-0.3, -0.25) is 10.00 Å². The van der Waals surface area contributed by atoms with Gasteiger partial charge in [0.05, 0.1) is 18.8 Å². The average Bonchev–Trinajstić information content (AvgIpc) is 3.41. The Balaban J connectivity index is 1.33. The summed E-state index contributed by atoms with van der Waals surface area (Å²) in [4.78, 5) is 14.6. The minimum Gasteiger partial charge on any atom is -0.364 e. The molecule has 0 bridgehead atoms. The number of benzene rings is 2. The quantitative estimate of drug-likeness (QED) is 0.694. The van der Waals surface area contributed by atoms with Gasteiger partial charge < -0.3 is 9.64 Å². The van der Waals surface area contributed by atoms with Gasteiger partial charge in [0.1, 0.15) is 23.1 Å². The van der Waals surface area contributed by atoms with Crippen molar-refractivity contribution in [2.45, 2.75) is 18.6 Å². The summed E-state index contributed by atoms with van der Waals surface area (Å²) in [6, 6.07) is 12.6. The number of carbonyl (C=O) groups is 1. The molecule has 3 aromatic rings. The molecule has 1 aromatic heterocycles. The van der Waals surface area contributed by atoms with Crippen LogP contribution in [0.25, 0.3) is 11.3 Å². The number of hydrogen-bond donors (Lipinski definition) is 1. The standard InChI is InChI=1S/C22H20F2N4O2/c1-27-20(11-19(26-27)15-8-16(23)10-17(24)9-15)25-21(29)28-7-6-22(13-28)18-5-3-2-4-14(18)12-30-22/h2-5,8-11H,6-7,12-13H2,1H3,(H,25,29). The van der Waals surface area contributed by atoms with E-state index in [9.17, 15) is 13.6 Å². The third-order valence-corrected chi connectivity index (χ3v) is 5.80. The summed E-state index contributed by atoms with van der Waals surface area (Å²) in [5, 5.41) is 7.12. The van der Waals surface area contributed by atoms with Crippen molar-refractivity contribution in [2.24, 2.45) is 7.05 Å². The number of halogens is 2. The number of likely N-dealkylation sites (tertiary alicyclic amines) is 1. The van der Waals surface area contributed by atoms with Crippen LogP contribution in [-0.2, 0) is 24.0 Å². The maximum atomic E-state index is 13.5. The van der Waals surface area contributed by atoms with E-state index in [1.165, 1.54) is 22.4 Å². The third kappa shape index (κ3) is 3.13. The highest BCUT2D eigenvalue weighted by atomic mass is 19.1. The molecule has 3 heterocycles. The van der Waals surface area contributed by atoms with Crippen molar-refractivity contribution in [1.82, 2.24) is 14.7 Å². The Morgan fingerprint density at radius 3 is 2.73 bits per heavy atom. The van der Waals surface area contributed by atoms with E-state index in [0.29, 0.717) is 36.8 Å². The molecule has 2 aromatic carbocycles. The molecule has 2 amide bonds. The van der Waals surface area contributed by atoms with E-state index in [1.54, 1.807) is 18.0 Å². The van der Waals surface area contributed by atoms with Gasteiger partial charge in [0, 0.05) is 37.7 Å². The molecule has 30 heavy (non-hydrogen) atoms. The van der Waals surface area contributed by atoms with Gasteiger partial charge in [0.15, 0.2) is 0 Å². The van der Waals surface area contributed by atoms with Gasteiger partial charge in [0.2, 0.25) is 0 Å². The van der Waals surface area contributed by atoms with Crippen molar-refractivity contribution >= 4 is 11.8 Å². The molecule has 8 heteroatoms. The van der Waals surface area contributed by atoms with E-state index >= 15 is 0 Å². The number of carbonyl (C=O) groups excluding carboxylic acids is 1. The predicted molar refractivity (Wildman–Crippen MR) is 107 cm³/mol. The predicted octanol–water partition coefficient (Wildman–Crippen LogP) is 4.03. The number of rotatable bonds is 2. The SMILES string of the molecule is Cn1nc(-c2cc(F)cc(F)c2)cc1NC(=O)N1CCC2(C1)OCc1ccccc12. The number of urea groups is 1. The first kappa shape index (κ1) is 18.7. The molecular weight excluding hydrogens is 390 g/mol. The Kier molecular flexibility index (Phi) is 4.32. The van der Waals surface area contributed by atoms with Gasteiger partial charge in [-0.1, -0.05) is 24.3 Å². The summed E-state index contributed by atoms with van der Waals surface area (Å²) in [5.74, 6) is -0.922. The van der Waals surface area contributed by atoms with Gasteiger partial charge in [-0.05, 0) is 23.3 Å². The zero-order valence-electron chi connectivity index (χ0n) is 16.4. The Morgan fingerprint density at radius 2 is 1.93 bits per heavy atom. The van der Waals surface area contributed by atoms with Crippen LogP contribution >= 0.6 is 0 Å². The van der Waals surface area contributed by atoms with Gasteiger partial charge in [-0.25, -0.2) is 13.6 Å². The Hall–Kier alpha value is -3.26. The molecule has 1 spiro atoms. The first-order valence-electron chi connectivity index (χ1n) is 9.72. The fraction of sp³-hybridized carbons (Fsp3) is 0.273. The molecule has 5 rings (SSSR count). The topological polar surface area (TPSA) is 59.4 Å². The summed E-state index contributed by atoms with van der Waals surface area (Å²) < 4.78 is 34.6. The monoisotopic (exact) mass is 410 g/mol. The van der Waals surface area contributed by atoms with Gasteiger partial charge in [0.25, 0.3) is 0 Å². The zero-order chi connectivity index (χ0) is 20.9. The summed E-state index contributed by atoms with van der Waals surface area (Å²) in [6.45, 7) is 1.59. The maximum Gasteiger partial charge on any atom is 0.323 e. The number of fused-ring (bicyclic) bond motifs is 2. The van der Waals surface area contributed by atoms with Crippen molar-refractivity contribution in [1.29, 1.82) is 0 Å². The number of ether oxygens (including phenoxy) is 1. The molecule has 1 saturated heterocycles. The Labute approximate surface area is 172 Å². The molecular formula is C22H20F2N4O2. The van der Waals surface area contributed by atoms with Crippen LogP contribution in [0.2, 0.25) is 0 Å². The highest BCUT2D eigenvalue weighted by Gasteiger charge is 2.46. The van der Waals surface area contributed by atoms with Crippen LogP contribution in [0.3, 0.4) is 0 Å². The fourth-order valence-electron chi connectivity index (χ4n) is 4.29. The van der Waals surface area contributed by atoms with Crippen LogP contribution in [0.1, 0.15) is 17.5 Å². The molecule has 1 atom stereocenters. The highest BCUT2D eigenvalue weighted by molar-refractivity contribution is 5.89. The van der Waals surface area contributed by atoms with E-state index in [4.69, 9.17) is 4.74 Å². The summed E-state index contributed by atoms with van der Waals surface area (Å²) in [5.41, 5.74) is 2.54. The van der Waals surface area contributed by atoms with Gasteiger partial charge in [-0.15, -0.1) is 0 Å². The molecule has 1 N–H and O–H groups in total. The smallest absolute Gasteiger partial charge is 0.323 e. The number of hydrogen-bond acceptors (Lipinski definition) is 3. The molecule has 2 aliphatic heterocycles. The lowest BCUT2D eigenvalue weighted by atomic mass is 9.92. The summed E-state index contributed by atoms with van der Waals surface area (Å²) >= 11 is 0. The largest absolute Gasteiger partial charge is 0.364 e. The second-order valence-corrected chi connectivity index (χ2v) is 7.74. The minimum absolute atomic E-state index is 0.264. The number of amides is 2. The summed E-state index contributed by atoms with van der Waals surface area (Å²) in [6.07, 6.45) is 0.733. The molecule has 154 valence electrons. The second kappa shape index (κ2) is 6.91. The lowest BCUT2D eigenvalue weighted by Crippen LogP contribution is -2.37. The second-order valence-electron chi connectivity index (χ2n) is 7.74. The van der Waals surface area contributed by atoms with Crippen LogP contribution in [0.5, 0.6) is 0 Å². The maximum absolute atomic E-state index is 13.5. The lowest BCUT2D eigenvalue weighted by molar-refractivity contribution is -0.0269. The highest BCUT2D eigenvalue weighted by Crippen LogP contribution is 2.43. The molecule has 1 unspecified atom stereocenters. The van der Waals surface area contributed by atoms with E-state index in [1.807, 2.05) is 12.1 Å². The molecule has 1 fully saturated rings. The van der Waals surface area contributed by atoms with Crippen molar-refractivity contribution < 1.29 is 18.3 Å². The van der Waals surface area contributed by atoms with E-state index < -0.39 is 17.2 Å². The van der Waals surface area contributed by atoms with Gasteiger partial charge >= 0.3 is 6.03 Å². The molecule has 0 saturated carbocycles. The minimum atomic E-state index is -0.680. The number of aryl methyl sites for hydroxylation is 1. The molecule has 0 radical (unpaired) electrons. The van der Waals surface area contributed by atoms with Crippen molar-refractivity contribution in [2.75, 3.05) is 18.4 Å². The van der Waals surface area contributed by atoms with Crippen LogP contribution in [0.4, 0.5) is 19.4 Å². The normalized spacial score (nSPS) is 20.0. The van der Waals surface area contributed by atoms with Crippen LogP contribution in [0, 0.1) is 11.6 Å². The Morgan fingerprint density at radius 1 is 1.17 bits per heavy atom. The number of anilines is 1. The fourth-order valence-corrected chi connectivity index (χ4v) is 4.29. The zero-order valence-corrected chi connectivity index (χ0v) is 16.4.